The molecule has 1 N–H and O–H groups in total. The van der Waals surface area contributed by atoms with E-state index in [2.05, 4.69) is 4.74 Å². The molecule has 0 aliphatic rings. The van der Waals surface area contributed by atoms with Crippen molar-refractivity contribution in [2.75, 3.05) is 13.2 Å². The molecule has 0 amide bonds. The molecule has 0 spiro atoms. The molecule has 0 aliphatic carbocycles. The number of hydrogen-bond donors (Lipinski definition) is 1. The molecule has 0 aliphatic heterocycles. The minimum atomic E-state index is -4.36. The summed E-state index contributed by atoms with van der Waals surface area (Å²) in [6.07, 6.45) is -3.04. The van der Waals surface area contributed by atoms with E-state index in [-0.39, 0.29) is 24.6 Å². The highest BCUT2D eigenvalue weighted by atomic mass is 35.5. The zero-order valence-electron chi connectivity index (χ0n) is 9.09. The molecule has 0 atom stereocenters. The van der Waals surface area contributed by atoms with Crippen molar-refractivity contribution in [3.8, 4) is 0 Å². The van der Waals surface area contributed by atoms with Gasteiger partial charge in [0.05, 0.1) is 0 Å². The number of rotatable bonds is 5. The van der Waals surface area contributed by atoms with E-state index in [1.54, 1.807) is 0 Å². The highest BCUT2D eigenvalue weighted by molar-refractivity contribution is 6.30. The maximum Gasteiger partial charge on any atom is 0.411 e. The summed E-state index contributed by atoms with van der Waals surface area (Å²) in [5.74, 6) is 0. The van der Waals surface area contributed by atoms with Crippen LogP contribution in [0, 0.1) is 0 Å². The fourth-order valence-corrected chi connectivity index (χ4v) is 1.34. The Labute approximate surface area is 104 Å². The molecule has 0 bridgehead atoms. The van der Waals surface area contributed by atoms with Gasteiger partial charge in [-0.1, -0.05) is 11.6 Å². The van der Waals surface area contributed by atoms with Crippen LogP contribution in [-0.4, -0.2) is 28.9 Å². The lowest BCUT2D eigenvalue weighted by molar-refractivity contribution is -0.174. The van der Waals surface area contributed by atoms with E-state index in [4.69, 9.17) is 11.6 Å². The molecule has 1 rings (SSSR count). The summed E-state index contributed by atoms with van der Waals surface area (Å²) >= 11 is 5.50. The number of aromatic amines is 1. The minimum Gasteiger partial charge on any atom is -0.372 e. The average Bonchev–Trinajstić information content (AvgIpc) is 2.23. The Morgan fingerprint density at radius 3 is 2.67 bits per heavy atom. The smallest absolute Gasteiger partial charge is 0.372 e. The van der Waals surface area contributed by atoms with E-state index < -0.39 is 24.0 Å². The molecule has 0 unspecified atom stereocenters. The van der Waals surface area contributed by atoms with Gasteiger partial charge in [-0.15, -0.1) is 0 Å². The van der Waals surface area contributed by atoms with Gasteiger partial charge in [0.15, 0.2) is 0 Å². The Morgan fingerprint density at radius 1 is 1.39 bits per heavy atom. The molecule has 102 valence electrons. The van der Waals surface area contributed by atoms with Gasteiger partial charge >= 0.3 is 11.9 Å². The highest BCUT2D eigenvalue weighted by Crippen LogP contribution is 2.14. The second-order valence-electron chi connectivity index (χ2n) is 3.45. The first-order valence-corrected chi connectivity index (χ1v) is 5.31. The molecule has 1 aromatic rings. The van der Waals surface area contributed by atoms with Crippen LogP contribution in [0.3, 0.4) is 0 Å². The predicted molar refractivity (Wildman–Crippen MR) is 57.8 cm³/mol. The Balaban J connectivity index is 2.43. The lowest BCUT2D eigenvalue weighted by atomic mass is 10.4. The van der Waals surface area contributed by atoms with Gasteiger partial charge < -0.3 is 4.74 Å². The van der Waals surface area contributed by atoms with Crippen molar-refractivity contribution >= 4 is 11.6 Å². The van der Waals surface area contributed by atoms with E-state index in [1.807, 2.05) is 4.98 Å². The van der Waals surface area contributed by atoms with Gasteiger partial charge in [-0.2, -0.15) is 13.2 Å². The molecule has 0 saturated heterocycles. The van der Waals surface area contributed by atoms with Gasteiger partial charge in [0.25, 0.3) is 5.56 Å². The van der Waals surface area contributed by atoms with E-state index >= 15 is 0 Å². The van der Waals surface area contributed by atoms with Crippen LogP contribution in [0.5, 0.6) is 0 Å². The van der Waals surface area contributed by atoms with Gasteiger partial charge in [0.2, 0.25) is 0 Å². The first kappa shape index (κ1) is 14.8. The van der Waals surface area contributed by atoms with E-state index in [0.29, 0.717) is 0 Å². The third kappa shape index (κ3) is 4.92. The first-order valence-electron chi connectivity index (χ1n) is 4.93. The maximum atomic E-state index is 11.7. The van der Waals surface area contributed by atoms with Gasteiger partial charge in [-0.25, -0.2) is 4.79 Å². The largest absolute Gasteiger partial charge is 0.411 e. The van der Waals surface area contributed by atoms with Gasteiger partial charge in [-0.3, -0.25) is 14.3 Å². The Hall–Kier alpha value is -1.28. The second kappa shape index (κ2) is 6.05. The Morgan fingerprint density at radius 2 is 2.06 bits per heavy atom. The number of aromatic nitrogens is 2. The fourth-order valence-electron chi connectivity index (χ4n) is 1.17. The monoisotopic (exact) mass is 286 g/mol. The molecule has 1 heterocycles. The average molecular weight is 287 g/mol. The lowest BCUT2D eigenvalue weighted by Crippen LogP contribution is -2.30. The zero-order chi connectivity index (χ0) is 13.8. The van der Waals surface area contributed by atoms with Crippen molar-refractivity contribution in [2.45, 2.75) is 19.1 Å². The minimum absolute atomic E-state index is 0.104. The fraction of sp³-hybridized carbons (Fsp3) is 0.556. The molecule has 9 heteroatoms. The SMILES string of the molecule is O=c1[nH]c(=O)n(CCCOCC(F)(F)F)cc1Cl. The zero-order valence-corrected chi connectivity index (χ0v) is 9.85. The lowest BCUT2D eigenvalue weighted by Gasteiger charge is -2.08. The number of nitrogens with one attached hydrogen (secondary N) is 1. The normalized spacial score (nSPS) is 11.8. The summed E-state index contributed by atoms with van der Waals surface area (Å²) < 4.78 is 40.7. The highest BCUT2D eigenvalue weighted by Gasteiger charge is 2.27. The molecular weight excluding hydrogens is 277 g/mol. The van der Waals surface area contributed by atoms with Crippen LogP contribution in [0.4, 0.5) is 13.2 Å². The number of halogens is 4. The molecule has 18 heavy (non-hydrogen) atoms. The van der Waals surface area contributed by atoms with Gasteiger partial charge in [0, 0.05) is 19.3 Å². The number of alkyl halides is 3. The molecular formula is C9H10ClF3N2O3. The third-order valence-electron chi connectivity index (χ3n) is 1.92. The van der Waals surface area contributed by atoms with Crippen molar-refractivity contribution in [3.63, 3.8) is 0 Å². The van der Waals surface area contributed by atoms with Crippen LogP contribution < -0.4 is 11.2 Å². The summed E-state index contributed by atoms with van der Waals surface area (Å²) in [6.45, 7) is -1.37. The molecule has 0 aromatic carbocycles. The predicted octanol–water partition coefficient (Wildman–Crippen LogP) is 1.16. The molecule has 0 radical (unpaired) electrons. The molecule has 0 fully saturated rings. The summed E-state index contributed by atoms with van der Waals surface area (Å²) in [5, 5.41) is -0.161. The van der Waals surface area contributed by atoms with Crippen LogP contribution in [0.25, 0.3) is 0 Å². The van der Waals surface area contributed by atoms with Crippen LogP contribution in [0.1, 0.15) is 6.42 Å². The van der Waals surface area contributed by atoms with Gasteiger partial charge in [-0.05, 0) is 6.42 Å². The Kier molecular flexibility index (Phi) is 4.97. The van der Waals surface area contributed by atoms with Crippen LogP contribution >= 0.6 is 11.6 Å². The molecule has 0 saturated carbocycles. The molecule has 1 aromatic heterocycles. The van der Waals surface area contributed by atoms with Crippen molar-refractivity contribution in [1.29, 1.82) is 0 Å². The van der Waals surface area contributed by atoms with Crippen molar-refractivity contribution in [2.24, 2.45) is 0 Å². The first-order chi connectivity index (χ1) is 8.29. The van der Waals surface area contributed by atoms with E-state index in [9.17, 15) is 22.8 Å². The number of hydrogen-bond acceptors (Lipinski definition) is 3. The van der Waals surface area contributed by atoms with E-state index in [1.165, 1.54) is 0 Å². The summed E-state index contributed by atoms with van der Waals surface area (Å²) in [4.78, 5) is 24.1. The van der Waals surface area contributed by atoms with Crippen molar-refractivity contribution in [1.82, 2.24) is 9.55 Å². The van der Waals surface area contributed by atoms with Crippen LogP contribution in [-0.2, 0) is 11.3 Å². The van der Waals surface area contributed by atoms with Crippen molar-refractivity contribution in [3.05, 3.63) is 32.1 Å². The third-order valence-corrected chi connectivity index (χ3v) is 2.19. The maximum absolute atomic E-state index is 11.7. The van der Waals surface area contributed by atoms with Gasteiger partial charge in [0.1, 0.15) is 11.6 Å². The van der Waals surface area contributed by atoms with Crippen LogP contribution in [0.2, 0.25) is 5.02 Å². The number of aryl methyl sites for hydroxylation is 1. The number of nitrogens with zero attached hydrogens (tertiary/aromatic N) is 1. The number of H-pyrrole nitrogens is 1. The quantitative estimate of drug-likeness (QED) is 0.826. The number of ether oxygens (including phenoxy) is 1. The molecule has 5 nitrogen and oxygen atoms in total. The van der Waals surface area contributed by atoms with Crippen molar-refractivity contribution < 1.29 is 17.9 Å². The van der Waals surface area contributed by atoms with E-state index in [0.717, 1.165) is 10.8 Å². The summed E-state index contributed by atoms with van der Waals surface area (Å²) in [7, 11) is 0. The van der Waals surface area contributed by atoms with Crippen LogP contribution in [0.15, 0.2) is 15.8 Å². The summed E-state index contributed by atoms with van der Waals surface area (Å²) in [6, 6.07) is 0. The summed E-state index contributed by atoms with van der Waals surface area (Å²) in [5.41, 5.74) is -1.37. The topological polar surface area (TPSA) is 64.1 Å². The standard InChI is InChI=1S/C9H10ClF3N2O3/c10-6-4-15(8(17)14-7(6)16)2-1-3-18-5-9(11,12)13/h4H,1-3,5H2,(H,14,16,17). The Bertz CT molecular complexity index is 509. The second-order valence-corrected chi connectivity index (χ2v) is 3.86.